The Bertz CT molecular complexity index is 870. The molecule has 1 N–H and O–H groups in total. The number of ketones is 1. The first kappa shape index (κ1) is 17.7. The summed E-state index contributed by atoms with van der Waals surface area (Å²) in [7, 11) is 0. The second-order valence-electron chi connectivity index (χ2n) is 8.25. The molecule has 2 nitrogen and oxygen atoms in total. The van der Waals surface area contributed by atoms with E-state index in [0.29, 0.717) is 5.41 Å². The number of allylic oxidation sites excluding steroid dienone is 1. The number of carbonyl (C=O) groups excluding carboxylic acids is 1. The van der Waals surface area contributed by atoms with Crippen LogP contribution in [0.5, 0.6) is 0 Å². The summed E-state index contributed by atoms with van der Waals surface area (Å²) in [6, 6.07) is 7.75. The number of thiophene rings is 1. The van der Waals surface area contributed by atoms with E-state index in [1.807, 2.05) is 41.7 Å². The maximum absolute atomic E-state index is 12.5. The van der Waals surface area contributed by atoms with Crippen LogP contribution >= 0.6 is 11.3 Å². The topological polar surface area (TPSA) is 37.3 Å². The highest BCUT2D eigenvalue weighted by molar-refractivity contribution is 7.13. The Morgan fingerprint density at radius 1 is 1.31 bits per heavy atom. The molecular weight excluding hydrogens is 340 g/mol. The van der Waals surface area contributed by atoms with Gasteiger partial charge >= 0.3 is 0 Å². The second kappa shape index (κ2) is 6.47. The van der Waals surface area contributed by atoms with Gasteiger partial charge in [0.2, 0.25) is 0 Å². The summed E-state index contributed by atoms with van der Waals surface area (Å²) in [6.07, 6.45) is 6.53. The molecule has 136 valence electrons. The fourth-order valence-electron chi connectivity index (χ4n) is 4.66. The molecule has 0 spiro atoms. The van der Waals surface area contributed by atoms with Crippen LogP contribution in [-0.2, 0) is 12.8 Å². The van der Waals surface area contributed by atoms with Crippen molar-refractivity contribution in [3.05, 3.63) is 62.3 Å². The van der Waals surface area contributed by atoms with Gasteiger partial charge in [-0.25, -0.2) is 0 Å². The molecule has 2 atom stereocenters. The highest BCUT2D eigenvalue weighted by Gasteiger charge is 2.63. The average molecular weight is 367 g/mol. The molecule has 0 radical (unpaired) electrons. The highest BCUT2D eigenvalue weighted by Crippen LogP contribution is 2.71. The molecule has 4 rings (SSSR count). The Morgan fingerprint density at radius 2 is 2.04 bits per heavy atom. The van der Waals surface area contributed by atoms with Crippen LogP contribution < -0.4 is 0 Å². The van der Waals surface area contributed by atoms with E-state index in [1.165, 1.54) is 21.7 Å². The van der Waals surface area contributed by atoms with Crippen molar-refractivity contribution in [1.82, 2.24) is 0 Å². The quantitative estimate of drug-likeness (QED) is 0.565. The molecule has 2 aromatic rings. The van der Waals surface area contributed by atoms with Crippen molar-refractivity contribution < 1.29 is 9.90 Å². The zero-order valence-corrected chi connectivity index (χ0v) is 16.5. The number of carbonyl (C=O) groups is 1. The standard InChI is InChI=1S/C23H26O2S/c1-14-21-17(13-18-22(21)23(18,2)3)20(26-14)11-10-19(25)16-8-6-15(7-9-16)5-4-12-24/h6-11,18,22,24H,4-5,12-13H2,1-3H3/t18-,22-/m1/s1. The summed E-state index contributed by atoms with van der Waals surface area (Å²) in [5.41, 5.74) is 5.42. The monoisotopic (exact) mass is 366 g/mol. The van der Waals surface area contributed by atoms with Crippen LogP contribution in [0.4, 0.5) is 0 Å². The van der Waals surface area contributed by atoms with E-state index in [0.717, 1.165) is 35.8 Å². The number of hydrogen-bond acceptors (Lipinski definition) is 3. The number of aliphatic hydroxyl groups excluding tert-OH is 1. The Hall–Kier alpha value is -1.71. The van der Waals surface area contributed by atoms with E-state index >= 15 is 0 Å². The predicted molar refractivity (Wildman–Crippen MR) is 108 cm³/mol. The molecule has 0 unspecified atom stereocenters. The van der Waals surface area contributed by atoms with Crippen molar-refractivity contribution in [3.63, 3.8) is 0 Å². The van der Waals surface area contributed by atoms with Gasteiger partial charge in [-0.15, -0.1) is 11.3 Å². The molecule has 0 bridgehead atoms. The number of benzene rings is 1. The largest absolute Gasteiger partial charge is 0.396 e. The SMILES string of the molecule is Cc1sc(C=CC(=O)c2ccc(CCCO)cc2)c2c1[C@H]1[C@@H](C2)C1(C)C. The van der Waals surface area contributed by atoms with Crippen molar-refractivity contribution >= 4 is 23.2 Å². The third kappa shape index (κ3) is 2.87. The highest BCUT2D eigenvalue weighted by atomic mass is 32.1. The smallest absolute Gasteiger partial charge is 0.185 e. The molecule has 0 saturated heterocycles. The molecule has 0 amide bonds. The van der Waals surface area contributed by atoms with Crippen molar-refractivity contribution in [1.29, 1.82) is 0 Å². The molecule has 1 fully saturated rings. The van der Waals surface area contributed by atoms with E-state index in [1.54, 1.807) is 11.6 Å². The van der Waals surface area contributed by atoms with Gasteiger partial charge in [0.25, 0.3) is 0 Å². The van der Waals surface area contributed by atoms with Gasteiger partial charge in [0.05, 0.1) is 0 Å². The van der Waals surface area contributed by atoms with Crippen LogP contribution in [-0.4, -0.2) is 17.5 Å². The van der Waals surface area contributed by atoms with Crippen molar-refractivity contribution in [2.45, 2.75) is 46.0 Å². The van der Waals surface area contributed by atoms with Gasteiger partial charge in [0.1, 0.15) is 0 Å². The summed E-state index contributed by atoms with van der Waals surface area (Å²) in [5, 5.41) is 8.90. The average Bonchev–Trinajstić information content (AvgIpc) is 2.96. The first-order chi connectivity index (χ1) is 12.4. The molecule has 1 heterocycles. The maximum atomic E-state index is 12.5. The third-order valence-electron chi connectivity index (χ3n) is 6.30. The Kier molecular flexibility index (Phi) is 4.40. The van der Waals surface area contributed by atoms with E-state index < -0.39 is 0 Å². The number of aryl methyl sites for hydroxylation is 2. The summed E-state index contributed by atoms with van der Waals surface area (Å²) >= 11 is 1.83. The predicted octanol–water partition coefficient (Wildman–Crippen LogP) is 5.17. The van der Waals surface area contributed by atoms with Gasteiger partial charge in [0, 0.05) is 21.9 Å². The van der Waals surface area contributed by atoms with Crippen molar-refractivity contribution in [3.8, 4) is 0 Å². The third-order valence-corrected chi connectivity index (χ3v) is 7.43. The lowest BCUT2D eigenvalue weighted by molar-refractivity contribution is 0.104. The minimum Gasteiger partial charge on any atom is -0.396 e. The summed E-state index contributed by atoms with van der Waals surface area (Å²) < 4.78 is 0. The van der Waals surface area contributed by atoms with Crippen LogP contribution in [0.1, 0.15) is 63.0 Å². The Labute approximate surface area is 159 Å². The molecule has 2 aliphatic rings. The fourth-order valence-corrected chi connectivity index (χ4v) is 5.81. The lowest BCUT2D eigenvalue weighted by Gasteiger charge is -2.09. The summed E-state index contributed by atoms with van der Waals surface area (Å²) in [5.74, 6) is 1.59. The molecule has 0 aliphatic heterocycles. The first-order valence-electron chi connectivity index (χ1n) is 9.48. The summed E-state index contributed by atoms with van der Waals surface area (Å²) in [4.78, 5) is 15.2. The lowest BCUT2D eigenvalue weighted by atomic mass is 9.95. The van der Waals surface area contributed by atoms with Gasteiger partial charge in [-0.1, -0.05) is 38.1 Å². The van der Waals surface area contributed by atoms with Crippen LogP contribution in [0.2, 0.25) is 0 Å². The van der Waals surface area contributed by atoms with Crippen molar-refractivity contribution in [2.75, 3.05) is 6.61 Å². The zero-order valence-electron chi connectivity index (χ0n) is 15.7. The molecule has 1 aromatic carbocycles. The summed E-state index contributed by atoms with van der Waals surface area (Å²) in [6.45, 7) is 7.19. The lowest BCUT2D eigenvalue weighted by Crippen LogP contribution is -2.00. The minimum absolute atomic E-state index is 0.0574. The molecule has 1 aromatic heterocycles. The number of hydrogen-bond donors (Lipinski definition) is 1. The van der Waals surface area contributed by atoms with Gasteiger partial charge in [-0.2, -0.15) is 0 Å². The maximum Gasteiger partial charge on any atom is 0.185 e. The van der Waals surface area contributed by atoms with E-state index in [9.17, 15) is 4.79 Å². The Balaban J connectivity index is 1.48. The van der Waals surface area contributed by atoms with Gasteiger partial charge < -0.3 is 5.11 Å². The zero-order chi connectivity index (χ0) is 18.5. The van der Waals surface area contributed by atoms with Gasteiger partial charge in [-0.3, -0.25) is 4.79 Å². The fraction of sp³-hybridized carbons (Fsp3) is 0.435. The number of aliphatic hydroxyl groups is 1. The van der Waals surface area contributed by atoms with Gasteiger partial charge in [0.15, 0.2) is 5.78 Å². The van der Waals surface area contributed by atoms with Crippen LogP contribution in [0.15, 0.2) is 30.3 Å². The van der Waals surface area contributed by atoms with Crippen LogP contribution in [0.3, 0.4) is 0 Å². The number of rotatable bonds is 6. The van der Waals surface area contributed by atoms with Gasteiger partial charge in [-0.05, 0) is 72.3 Å². The second-order valence-corrected chi connectivity index (χ2v) is 9.50. The van der Waals surface area contributed by atoms with E-state index in [-0.39, 0.29) is 12.4 Å². The molecular formula is C23H26O2S. The molecule has 26 heavy (non-hydrogen) atoms. The minimum atomic E-state index is 0.0574. The Morgan fingerprint density at radius 3 is 2.73 bits per heavy atom. The normalized spacial score (nSPS) is 22.5. The van der Waals surface area contributed by atoms with E-state index in [2.05, 4.69) is 20.8 Å². The van der Waals surface area contributed by atoms with E-state index in [4.69, 9.17) is 5.11 Å². The van der Waals surface area contributed by atoms with Crippen LogP contribution in [0.25, 0.3) is 6.08 Å². The molecule has 3 heteroatoms. The molecule has 2 aliphatic carbocycles. The van der Waals surface area contributed by atoms with Crippen molar-refractivity contribution in [2.24, 2.45) is 11.3 Å². The van der Waals surface area contributed by atoms with Crippen LogP contribution in [0, 0.1) is 18.3 Å². The molecule has 1 saturated carbocycles. The number of fused-ring (bicyclic) bond motifs is 3. The first-order valence-corrected chi connectivity index (χ1v) is 10.3.